The number of esters is 1. The van der Waals surface area contributed by atoms with Crippen molar-refractivity contribution in [2.75, 3.05) is 6.61 Å². The molecule has 1 saturated carbocycles. The van der Waals surface area contributed by atoms with Crippen LogP contribution in [-0.4, -0.2) is 18.7 Å². The Labute approximate surface area is 226 Å². The van der Waals surface area contributed by atoms with Crippen molar-refractivity contribution in [2.24, 2.45) is 17.3 Å². The summed E-state index contributed by atoms with van der Waals surface area (Å²) < 4.78 is 29.2. The number of ether oxygens (including phenoxy) is 2. The molecule has 0 bridgehead atoms. The van der Waals surface area contributed by atoms with E-state index < -0.39 is 17.7 Å². The van der Waals surface area contributed by atoms with Gasteiger partial charge in [-0.3, -0.25) is 4.79 Å². The van der Waals surface area contributed by atoms with E-state index in [2.05, 4.69) is 15.9 Å². The molecule has 0 radical (unpaired) electrons. The van der Waals surface area contributed by atoms with Gasteiger partial charge in [-0.05, 0) is 60.2 Å². The minimum Gasteiger partial charge on any atom is -0.457 e. The number of carbonyl (C=O) groups is 1. The van der Waals surface area contributed by atoms with Crippen LogP contribution >= 0.6 is 39.1 Å². The van der Waals surface area contributed by atoms with E-state index in [-0.39, 0.29) is 30.0 Å². The Kier molecular flexibility index (Phi) is 8.79. The highest BCUT2D eigenvalue weighted by atomic mass is 79.9. The summed E-state index contributed by atoms with van der Waals surface area (Å²) in [4.78, 5) is 13.0. The van der Waals surface area contributed by atoms with Crippen molar-refractivity contribution >= 4 is 45.1 Å². The van der Waals surface area contributed by atoms with Gasteiger partial charge in [-0.25, -0.2) is 4.39 Å². The van der Waals surface area contributed by atoms with Gasteiger partial charge in [0.1, 0.15) is 6.10 Å². The predicted molar refractivity (Wildman–Crippen MR) is 144 cm³/mol. The van der Waals surface area contributed by atoms with Crippen molar-refractivity contribution in [2.45, 2.75) is 59.4 Å². The molecule has 3 nitrogen and oxygen atoms in total. The Morgan fingerprint density at radius 2 is 1.89 bits per heavy atom. The van der Waals surface area contributed by atoms with Crippen LogP contribution in [0.4, 0.5) is 4.39 Å². The third kappa shape index (κ3) is 5.79. The van der Waals surface area contributed by atoms with Crippen molar-refractivity contribution < 1.29 is 18.7 Å². The number of hydrogen-bond acceptors (Lipinski definition) is 3. The van der Waals surface area contributed by atoms with Crippen LogP contribution in [0.2, 0.25) is 5.02 Å². The molecule has 190 valence electrons. The molecule has 0 saturated heterocycles. The van der Waals surface area contributed by atoms with Gasteiger partial charge in [0.25, 0.3) is 0 Å². The summed E-state index contributed by atoms with van der Waals surface area (Å²) in [6.45, 7) is 11.6. The summed E-state index contributed by atoms with van der Waals surface area (Å²) in [6.07, 6.45) is -0.887. The Hall–Kier alpha value is -1.40. The Bertz CT molecular complexity index is 1120. The van der Waals surface area contributed by atoms with Crippen LogP contribution in [0, 0.1) is 24.2 Å². The lowest BCUT2D eigenvalue weighted by Gasteiger charge is -2.32. The van der Waals surface area contributed by atoms with E-state index >= 15 is 4.39 Å². The molecule has 4 atom stereocenters. The lowest BCUT2D eigenvalue weighted by Crippen LogP contribution is -2.29. The van der Waals surface area contributed by atoms with E-state index in [1.165, 1.54) is 5.54 Å². The lowest BCUT2D eigenvalue weighted by molar-refractivity contribution is -0.151. The molecule has 0 heterocycles. The Balaban J connectivity index is 1.84. The van der Waals surface area contributed by atoms with E-state index in [4.69, 9.17) is 32.7 Å². The molecule has 0 amide bonds. The van der Waals surface area contributed by atoms with Gasteiger partial charge in [0.15, 0.2) is 5.67 Å². The largest absolute Gasteiger partial charge is 0.457 e. The van der Waals surface area contributed by atoms with E-state index in [1.54, 1.807) is 25.1 Å². The zero-order valence-corrected chi connectivity index (χ0v) is 24.0. The van der Waals surface area contributed by atoms with E-state index in [9.17, 15) is 4.79 Å². The summed E-state index contributed by atoms with van der Waals surface area (Å²) in [5.41, 5.74) is 1.83. The first-order valence-electron chi connectivity index (χ1n) is 11.7. The zero-order chi connectivity index (χ0) is 26.1. The van der Waals surface area contributed by atoms with Gasteiger partial charge < -0.3 is 9.47 Å². The lowest BCUT2D eigenvalue weighted by atomic mass is 9.77. The fraction of sp³-hybridized carbons (Fsp3) is 0.464. The highest BCUT2D eigenvalue weighted by Gasteiger charge is 2.64. The van der Waals surface area contributed by atoms with Gasteiger partial charge in [-0.2, -0.15) is 0 Å². The third-order valence-electron chi connectivity index (χ3n) is 6.94. The average molecular weight is 586 g/mol. The van der Waals surface area contributed by atoms with E-state index in [0.29, 0.717) is 26.2 Å². The maximum absolute atomic E-state index is 16.8. The van der Waals surface area contributed by atoms with Gasteiger partial charge in [0, 0.05) is 20.5 Å². The molecule has 1 fully saturated rings. The first-order valence-corrected chi connectivity index (χ1v) is 13.3. The summed E-state index contributed by atoms with van der Waals surface area (Å²) in [7, 11) is 0. The smallest absolute Gasteiger partial charge is 0.312 e. The first kappa shape index (κ1) is 28.2. The molecule has 0 aromatic heterocycles. The molecule has 0 spiro atoms. The fourth-order valence-electron chi connectivity index (χ4n) is 4.68. The van der Waals surface area contributed by atoms with E-state index in [0.717, 1.165) is 5.56 Å². The Morgan fingerprint density at radius 3 is 2.49 bits per heavy atom. The summed E-state index contributed by atoms with van der Waals surface area (Å²) in [5, 5.41) is 0.391. The quantitative estimate of drug-likeness (QED) is 0.276. The van der Waals surface area contributed by atoms with Crippen molar-refractivity contribution in [1.82, 2.24) is 0 Å². The van der Waals surface area contributed by atoms with Gasteiger partial charge in [-0.1, -0.05) is 91.1 Å². The highest BCUT2D eigenvalue weighted by Crippen LogP contribution is 2.55. The van der Waals surface area contributed by atoms with Crippen molar-refractivity contribution in [3.8, 4) is 0 Å². The highest BCUT2D eigenvalue weighted by molar-refractivity contribution is 9.11. The Morgan fingerprint density at radius 1 is 1.23 bits per heavy atom. The van der Waals surface area contributed by atoms with Gasteiger partial charge in [0.05, 0.1) is 18.6 Å². The predicted octanol–water partition coefficient (Wildman–Crippen LogP) is 8.64. The second-order valence-corrected chi connectivity index (χ2v) is 11.8. The first-order chi connectivity index (χ1) is 16.3. The van der Waals surface area contributed by atoms with Gasteiger partial charge in [-0.15, -0.1) is 0 Å². The maximum Gasteiger partial charge on any atom is 0.312 e. The van der Waals surface area contributed by atoms with Crippen molar-refractivity contribution in [3.05, 3.63) is 79.8 Å². The van der Waals surface area contributed by atoms with Crippen LogP contribution in [-0.2, 0) is 19.9 Å². The minimum atomic E-state index is -1.75. The van der Waals surface area contributed by atoms with E-state index in [1.807, 2.05) is 58.9 Å². The number of aryl methyl sites for hydroxylation is 1. The van der Waals surface area contributed by atoms with Crippen LogP contribution < -0.4 is 0 Å². The molecule has 3 rings (SSSR count). The maximum atomic E-state index is 16.8. The van der Waals surface area contributed by atoms with Crippen LogP contribution in [0.5, 0.6) is 0 Å². The second-order valence-electron chi connectivity index (χ2n) is 10.1. The zero-order valence-electron chi connectivity index (χ0n) is 20.9. The second kappa shape index (κ2) is 10.9. The molecule has 1 aliphatic rings. The number of alkyl halides is 1. The third-order valence-corrected chi connectivity index (χ3v) is 8.14. The monoisotopic (exact) mass is 584 g/mol. The SMILES string of the molecule is Cc1ccccc1C(F)(c1cc(Cl)cc(C(C)OC(=O)C2C(OCC(Br)=CCl)C2(C)C)c1)C(C)C. The topological polar surface area (TPSA) is 35.5 Å². The summed E-state index contributed by atoms with van der Waals surface area (Å²) >= 11 is 15.4. The molecule has 2 aromatic rings. The molecule has 1 aliphatic carbocycles. The normalized spacial score (nSPS) is 22.0. The number of rotatable bonds is 9. The van der Waals surface area contributed by atoms with Crippen LogP contribution in [0.1, 0.15) is 63.0 Å². The molecule has 0 aliphatic heterocycles. The molecule has 2 aromatic carbocycles. The number of carbonyl (C=O) groups excluding carboxylic acids is 1. The van der Waals surface area contributed by atoms with Crippen molar-refractivity contribution in [1.29, 1.82) is 0 Å². The van der Waals surface area contributed by atoms with Gasteiger partial charge in [0.2, 0.25) is 0 Å². The average Bonchev–Trinajstić information content (AvgIpc) is 3.36. The van der Waals surface area contributed by atoms with Crippen LogP contribution in [0.3, 0.4) is 0 Å². The molecule has 7 heteroatoms. The van der Waals surface area contributed by atoms with Gasteiger partial charge >= 0.3 is 5.97 Å². The summed E-state index contributed by atoms with van der Waals surface area (Å²) in [5.74, 6) is -1.10. The minimum absolute atomic E-state index is 0.276. The fourth-order valence-corrected chi connectivity index (χ4v) is 5.12. The number of hydrogen-bond donors (Lipinski definition) is 0. The molecule has 4 unspecified atom stereocenters. The summed E-state index contributed by atoms with van der Waals surface area (Å²) in [6, 6.07) is 12.6. The number of halogens is 4. The number of benzene rings is 2. The molecule has 35 heavy (non-hydrogen) atoms. The standard InChI is InChI=1S/C28H32BrCl2FO3/c1-16(2)28(32,23-10-8-7-9-17(23)3)20-11-19(12-22(31)13-20)18(4)35-26(33)24-25(27(24,5)6)34-15-21(29)14-30/h7-14,16,18,24-25H,15H2,1-6H3. The van der Waals surface area contributed by atoms with Crippen LogP contribution in [0.25, 0.3) is 0 Å². The van der Waals surface area contributed by atoms with Crippen LogP contribution in [0.15, 0.2) is 52.5 Å². The van der Waals surface area contributed by atoms with Crippen molar-refractivity contribution in [3.63, 3.8) is 0 Å². The molecule has 0 N–H and O–H groups in total. The molecular formula is C28H32BrCl2FO3. The molecular weight excluding hydrogens is 554 g/mol.